The molecule has 7 nitrogen and oxygen atoms in total. The second-order valence-corrected chi connectivity index (χ2v) is 9.61. The average Bonchev–Trinajstić information content (AvgIpc) is 2.80. The molecule has 0 radical (unpaired) electrons. The van der Waals surface area contributed by atoms with Crippen LogP contribution in [0.2, 0.25) is 0 Å². The van der Waals surface area contributed by atoms with Crippen LogP contribution in [0.15, 0.2) is 27.8 Å². The van der Waals surface area contributed by atoms with Crippen molar-refractivity contribution in [2.45, 2.75) is 24.3 Å². The van der Waals surface area contributed by atoms with Crippen molar-refractivity contribution in [2.24, 2.45) is 0 Å². The van der Waals surface area contributed by atoms with Crippen LogP contribution in [0.5, 0.6) is 0 Å². The smallest absolute Gasteiger partial charge is 0.316 e. The van der Waals surface area contributed by atoms with E-state index in [1.54, 1.807) is 6.07 Å². The highest BCUT2D eigenvalue weighted by atomic mass is 32.2. The van der Waals surface area contributed by atoms with Crippen LogP contribution in [0, 0.1) is 0 Å². The van der Waals surface area contributed by atoms with Gasteiger partial charge in [0.05, 0.1) is 16.8 Å². The SMILES string of the molecule is CC(C)S(=O)(=O)CCS(=O)(=O)c1nc2ccc(N)cc2o1. The maximum absolute atomic E-state index is 12.1. The summed E-state index contributed by atoms with van der Waals surface area (Å²) in [7, 11) is -7.34. The fourth-order valence-electron chi connectivity index (χ4n) is 1.60. The molecule has 1 aromatic heterocycles. The molecule has 0 aliphatic rings. The summed E-state index contributed by atoms with van der Waals surface area (Å²) in [6, 6.07) is 4.58. The van der Waals surface area contributed by atoms with Crippen LogP contribution in [-0.4, -0.2) is 38.6 Å². The number of nitrogens with two attached hydrogens (primary N) is 1. The summed E-state index contributed by atoms with van der Waals surface area (Å²) in [4.78, 5) is 3.87. The molecule has 0 spiro atoms. The van der Waals surface area contributed by atoms with Crippen LogP contribution in [0.3, 0.4) is 0 Å². The summed E-state index contributed by atoms with van der Waals surface area (Å²) in [5.74, 6) is -1.02. The van der Waals surface area contributed by atoms with Gasteiger partial charge in [-0.2, -0.15) is 4.98 Å². The van der Waals surface area contributed by atoms with Gasteiger partial charge in [0.15, 0.2) is 15.4 Å². The molecule has 9 heteroatoms. The van der Waals surface area contributed by atoms with E-state index in [0.717, 1.165) is 0 Å². The largest absolute Gasteiger partial charge is 0.428 e. The monoisotopic (exact) mass is 332 g/mol. The Morgan fingerprint density at radius 1 is 1.19 bits per heavy atom. The molecule has 2 rings (SSSR count). The van der Waals surface area contributed by atoms with E-state index in [4.69, 9.17) is 10.2 Å². The van der Waals surface area contributed by atoms with Crippen molar-refractivity contribution in [3.63, 3.8) is 0 Å². The van der Waals surface area contributed by atoms with Gasteiger partial charge in [0.25, 0.3) is 0 Å². The molecule has 0 saturated heterocycles. The number of benzene rings is 1. The number of nitrogen functional groups attached to an aromatic ring is 1. The number of rotatable bonds is 5. The third-order valence-electron chi connectivity index (χ3n) is 3.01. The Morgan fingerprint density at radius 3 is 2.48 bits per heavy atom. The Morgan fingerprint density at radius 2 is 1.86 bits per heavy atom. The fraction of sp³-hybridized carbons (Fsp3) is 0.417. The number of hydrogen-bond acceptors (Lipinski definition) is 7. The lowest BCUT2D eigenvalue weighted by atomic mass is 10.3. The Balaban J connectivity index is 2.30. The van der Waals surface area contributed by atoms with E-state index in [2.05, 4.69) is 4.98 Å². The second kappa shape index (κ2) is 5.30. The van der Waals surface area contributed by atoms with E-state index < -0.39 is 41.7 Å². The molecule has 0 fully saturated rings. The van der Waals surface area contributed by atoms with E-state index in [1.165, 1.54) is 26.0 Å². The zero-order valence-corrected chi connectivity index (χ0v) is 13.2. The molecule has 0 unspecified atom stereocenters. The van der Waals surface area contributed by atoms with E-state index in [1.807, 2.05) is 0 Å². The predicted molar refractivity (Wildman–Crippen MR) is 79.4 cm³/mol. The molecule has 21 heavy (non-hydrogen) atoms. The minimum Gasteiger partial charge on any atom is -0.428 e. The van der Waals surface area contributed by atoms with Crippen molar-refractivity contribution in [3.8, 4) is 0 Å². The molecule has 116 valence electrons. The van der Waals surface area contributed by atoms with E-state index in [0.29, 0.717) is 11.2 Å². The summed E-state index contributed by atoms with van der Waals surface area (Å²) >= 11 is 0. The maximum Gasteiger partial charge on any atom is 0.316 e. The summed E-state index contributed by atoms with van der Waals surface area (Å²) in [6.07, 6.45) is 0. The number of aromatic nitrogens is 1. The number of hydrogen-bond donors (Lipinski definition) is 1. The number of anilines is 1. The van der Waals surface area contributed by atoms with Gasteiger partial charge >= 0.3 is 5.22 Å². The zero-order chi connectivity index (χ0) is 15.8. The molecule has 1 heterocycles. The molecule has 0 atom stereocenters. The van der Waals surface area contributed by atoms with Crippen molar-refractivity contribution in [3.05, 3.63) is 18.2 Å². The van der Waals surface area contributed by atoms with Crippen LogP contribution < -0.4 is 5.73 Å². The molecule has 2 N–H and O–H groups in total. The van der Waals surface area contributed by atoms with Gasteiger partial charge in [0.1, 0.15) is 5.52 Å². The topological polar surface area (TPSA) is 120 Å². The van der Waals surface area contributed by atoms with E-state index in [9.17, 15) is 16.8 Å². The molecule has 0 aliphatic heterocycles. The third kappa shape index (κ3) is 3.35. The first kappa shape index (κ1) is 15.8. The van der Waals surface area contributed by atoms with Gasteiger partial charge in [-0.3, -0.25) is 0 Å². The van der Waals surface area contributed by atoms with Gasteiger partial charge in [0.2, 0.25) is 9.84 Å². The van der Waals surface area contributed by atoms with Crippen LogP contribution in [0.4, 0.5) is 5.69 Å². The van der Waals surface area contributed by atoms with Crippen LogP contribution in [-0.2, 0) is 19.7 Å². The van der Waals surface area contributed by atoms with Crippen molar-refractivity contribution >= 4 is 36.5 Å². The van der Waals surface area contributed by atoms with Gasteiger partial charge < -0.3 is 10.2 Å². The van der Waals surface area contributed by atoms with Crippen molar-refractivity contribution < 1.29 is 21.3 Å². The van der Waals surface area contributed by atoms with E-state index in [-0.39, 0.29) is 5.58 Å². The number of oxazole rings is 1. The Kier molecular flexibility index (Phi) is 3.98. The second-order valence-electron chi connectivity index (χ2n) is 4.94. The molecule has 1 aromatic carbocycles. The number of nitrogens with zero attached hydrogens (tertiary/aromatic N) is 1. The van der Waals surface area contributed by atoms with Gasteiger partial charge in [-0.05, 0) is 26.0 Å². The van der Waals surface area contributed by atoms with Crippen molar-refractivity contribution in [1.29, 1.82) is 0 Å². The van der Waals surface area contributed by atoms with Gasteiger partial charge in [-0.1, -0.05) is 0 Å². The first-order valence-corrected chi connectivity index (χ1v) is 9.59. The fourth-order valence-corrected chi connectivity index (χ4v) is 4.51. The summed E-state index contributed by atoms with van der Waals surface area (Å²) in [5.41, 5.74) is 6.60. The molecular formula is C12H16N2O5S2. The highest BCUT2D eigenvalue weighted by Crippen LogP contribution is 2.22. The van der Waals surface area contributed by atoms with Crippen LogP contribution in [0.1, 0.15) is 13.8 Å². The van der Waals surface area contributed by atoms with Gasteiger partial charge in [-0.15, -0.1) is 0 Å². The Hall–Kier alpha value is -1.61. The first-order valence-electron chi connectivity index (χ1n) is 6.22. The molecular weight excluding hydrogens is 316 g/mol. The van der Waals surface area contributed by atoms with Gasteiger partial charge in [0, 0.05) is 11.8 Å². The summed E-state index contributed by atoms with van der Waals surface area (Å²) in [5, 5.41) is -1.11. The quantitative estimate of drug-likeness (QED) is 0.811. The molecule has 0 aliphatic carbocycles. The Labute approximate surface area is 123 Å². The molecule has 0 amide bonds. The maximum atomic E-state index is 12.1. The lowest BCUT2D eigenvalue weighted by molar-refractivity contribution is 0.459. The lowest BCUT2D eigenvalue weighted by Crippen LogP contribution is -2.23. The molecule has 0 saturated carbocycles. The number of fused-ring (bicyclic) bond motifs is 1. The average molecular weight is 332 g/mol. The van der Waals surface area contributed by atoms with Gasteiger partial charge in [-0.25, -0.2) is 16.8 Å². The van der Waals surface area contributed by atoms with Crippen LogP contribution >= 0.6 is 0 Å². The Bertz CT molecular complexity index is 866. The lowest BCUT2D eigenvalue weighted by Gasteiger charge is -2.06. The number of sulfone groups is 2. The summed E-state index contributed by atoms with van der Waals surface area (Å²) < 4.78 is 52.8. The van der Waals surface area contributed by atoms with Crippen molar-refractivity contribution in [1.82, 2.24) is 4.98 Å². The summed E-state index contributed by atoms with van der Waals surface area (Å²) in [6.45, 7) is 3.01. The first-order chi connectivity index (χ1) is 9.62. The van der Waals surface area contributed by atoms with Crippen LogP contribution in [0.25, 0.3) is 11.1 Å². The highest BCUT2D eigenvalue weighted by Gasteiger charge is 2.26. The van der Waals surface area contributed by atoms with Crippen molar-refractivity contribution in [2.75, 3.05) is 17.2 Å². The molecule has 2 aromatic rings. The minimum atomic E-state index is -3.90. The normalized spacial score (nSPS) is 13.1. The molecule has 0 bridgehead atoms. The van der Waals surface area contributed by atoms with E-state index >= 15 is 0 Å². The highest BCUT2D eigenvalue weighted by molar-refractivity contribution is 7.95. The zero-order valence-electron chi connectivity index (χ0n) is 11.6. The minimum absolute atomic E-state index is 0.250. The standard InChI is InChI=1S/C12H16N2O5S2/c1-8(2)20(15,16)5-6-21(17,18)12-14-10-4-3-9(13)7-11(10)19-12/h3-4,7-8H,5-6,13H2,1-2H3. The third-order valence-corrected chi connectivity index (χ3v) is 6.93. The predicted octanol–water partition coefficient (Wildman–Crippen LogP) is 1.01.